The van der Waals surface area contributed by atoms with E-state index in [-0.39, 0.29) is 0 Å². The predicted octanol–water partition coefficient (Wildman–Crippen LogP) is 3.33. The number of nitrogens with one attached hydrogen (secondary N) is 1. The van der Waals surface area contributed by atoms with Crippen LogP contribution in [0.2, 0.25) is 0 Å². The highest BCUT2D eigenvalue weighted by Crippen LogP contribution is 2.29. The molecule has 17 heavy (non-hydrogen) atoms. The van der Waals surface area contributed by atoms with Crippen molar-refractivity contribution in [1.29, 1.82) is 0 Å². The number of aryl methyl sites for hydroxylation is 1. The van der Waals surface area contributed by atoms with Crippen LogP contribution in [0.25, 0.3) is 0 Å². The zero-order valence-electron chi connectivity index (χ0n) is 10.8. The molecule has 1 aromatic rings. The summed E-state index contributed by atoms with van der Waals surface area (Å²) in [6.07, 6.45) is 1.23. The second-order valence-electron chi connectivity index (χ2n) is 5.21. The Morgan fingerprint density at radius 2 is 2.18 bits per heavy atom. The summed E-state index contributed by atoms with van der Waals surface area (Å²) in [4.78, 5) is 2.46. The van der Waals surface area contributed by atoms with E-state index in [9.17, 15) is 0 Å². The summed E-state index contributed by atoms with van der Waals surface area (Å²) in [6, 6.07) is 7.79. The molecule has 1 N–H and O–H groups in total. The molecule has 0 saturated carbocycles. The van der Waals surface area contributed by atoms with Crippen molar-refractivity contribution in [2.45, 2.75) is 39.3 Å². The third kappa shape index (κ3) is 3.23. The monoisotopic (exact) mass is 296 g/mol. The summed E-state index contributed by atoms with van der Waals surface area (Å²) < 4.78 is 1.21. The van der Waals surface area contributed by atoms with Gasteiger partial charge in [0.25, 0.3) is 0 Å². The van der Waals surface area contributed by atoms with Crippen molar-refractivity contribution in [3.05, 3.63) is 28.2 Å². The summed E-state index contributed by atoms with van der Waals surface area (Å²) in [7, 11) is 0. The lowest BCUT2D eigenvalue weighted by molar-refractivity contribution is 0.492. The van der Waals surface area contributed by atoms with Crippen molar-refractivity contribution < 1.29 is 0 Å². The maximum absolute atomic E-state index is 3.67. The fourth-order valence-corrected chi connectivity index (χ4v) is 3.20. The second kappa shape index (κ2) is 5.40. The van der Waals surface area contributed by atoms with E-state index < -0.39 is 0 Å². The smallest absolute Gasteiger partial charge is 0.0511 e. The van der Waals surface area contributed by atoms with Crippen LogP contribution in [0.15, 0.2) is 22.7 Å². The Hall–Kier alpha value is -0.540. The van der Waals surface area contributed by atoms with E-state index in [4.69, 9.17) is 0 Å². The van der Waals surface area contributed by atoms with Crippen molar-refractivity contribution in [2.24, 2.45) is 0 Å². The van der Waals surface area contributed by atoms with Crippen LogP contribution in [0.4, 0.5) is 5.69 Å². The lowest BCUT2D eigenvalue weighted by Crippen LogP contribution is -2.37. The molecule has 0 aromatic heterocycles. The van der Waals surface area contributed by atoms with Crippen molar-refractivity contribution >= 4 is 21.6 Å². The molecule has 2 nitrogen and oxygen atoms in total. The zero-order valence-corrected chi connectivity index (χ0v) is 12.4. The number of nitrogens with zero attached hydrogens (tertiary/aromatic N) is 1. The Labute approximate surface area is 113 Å². The maximum atomic E-state index is 3.67. The Balaban J connectivity index is 2.05. The Kier molecular flexibility index (Phi) is 4.10. The molecule has 1 fully saturated rings. The molecule has 3 heteroatoms. The highest BCUT2D eigenvalue weighted by Gasteiger charge is 2.23. The van der Waals surface area contributed by atoms with E-state index >= 15 is 0 Å². The van der Waals surface area contributed by atoms with Gasteiger partial charge in [-0.15, -0.1) is 0 Å². The van der Waals surface area contributed by atoms with Crippen LogP contribution in [0.1, 0.15) is 25.8 Å². The van der Waals surface area contributed by atoms with Crippen LogP contribution >= 0.6 is 15.9 Å². The SMILES string of the molecule is Cc1ccc(N2CCC(NC(C)C)C2)c(Br)c1. The molecular formula is C14H21BrN2. The van der Waals surface area contributed by atoms with Gasteiger partial charge in [-0.1, -0.05) is 19.9 Å². The minimum atomic E-state index is 0.571. The lowest BCUT2D eigenvalue weighted by atomic mass is 10.2. The van der Waals surface area contributed by atoms with Crippen LogP contribution in [-0.2, 0) is 0 Å². The molecule has 1 atom stereocenters. The first-order valence-corrected chi connectivity index (χ1v) is 7.12. The van der Waals surface area contributed by atoms with E-state index in [0.717, 1.165) is 13.1 Å². The largest absolute Gasteiger partial charge is 0.369 e. The van der Waals surface area contributed by atoms with E-state index in [1.807, 2.05) is 0 Å². The summed E-state index contributed by atoms with van der Waals surface area (Å²) >= 11 is 3.67. The van der Waals surface area contributed by atoms with Crippen molar-refractivity contribution in [1.82, 2.24) is 5.32 Å². The Bertz CT molecular complexity index is 390. The average molecular weight is 297 g/mol. The lowest BCUT2D eigenvalue weighted by Gasteiger charge is -2.21. The van der Waals surface area contributed by atoms with Crippen LogP contribution in [0.5, 0.6) is 0 Å². The molecule has 0 spiro atoms. The van der Waals surface area contributed by atoms with E-state index in [0.29, 0.717) is 12.1 Å². The first kappa shape index (κ1) is 12.9. The van der Waals surface area contributed by atoms with Crippen LogP contribution in [-0.4, -0.2) is 25.2 Å². The number of hydrogen-bond acceptors (Lipinski definition) is 2. The Morgan fingerprint density at radius 3 is 2.82 bits per heavy atom. The molecule has 2 rings (SSSR count). The molecule has 0 bridgehead atoms. The quantitative estimate of drug-likeness (QED) is 0.920. The van der Waals surface area contributed by atoms with Gasteiger partial charge in [0.2, 0.25) is 0 Å². The molecular weight excluding hydrogens is 276 g/mol. The molecule has 1 unspecified atom stereocenters. The van der Waals surface area contributed by atoms with E-state index in [2.05, 4.69) is 65.1 Å². The standard InChI is InChI=1S/C14H21BrN2/c1-10(2)16-12-6-7-17(9-12)14-5-4-11(3)8-13(14)15/h4-5,8,10,12,16H,6-7,9H2,1-3H3. The molecule has 94 valence electrons. The number of benzene rings is 1. The number of hydrogen-bond donors (Lipinski definition) is 1. The molecule has 0 amide bonds. The van der Waals surface area contributed by atoms with Crippen molar-refractivity contribution in [2.75, 3.05) is 18.0 Å². The number of halogens is 1. The van der Waals surface area contributed by atoms with Gasteiger partial charge >= 0.3 is 0 Å². The van der Waals surface area contributed by atoms with Gasteiger partial charge in [0.15, 0.2) is 0 Å². The number of rotatable bonds is 3. The van der Waals surface area contributed by atoms with Crippen LogP contribution in [0, 0.1) is 6.92 Å². The normalized spacial score (nSPS) is 20.3. The topological polar surface area (TPSA) is 15.3 Å². The summed E-state index contributed by atoms with van der Waals surface area (Å²) in [6.45, 7) is 8.81. The average Bonchev–Trinajstić information content (AvgIpc) is 2.65. The third-order valence-electron chi connectivity index (χ3n) is 3.20. The highest BCUT2D eigenvalue weighted by atomic mass is 79.9. The minimum absolute atomic E-state index is 0.571. The molecule has 1 heterocycles. The minimum Gasteiger partial charge on any atom is -0.369 e. The fourth-order valence-electron chi connectivity index (χ4n) is 2.45. The molecule has 1 aliphatic heterocycles. The van der Waals surface area contributed by atoms with Gasteiger partial charge in [-0.2, -0.15) is 0 Å². The molecule has 0 radical (unpaired) electrons. The number of anilines is 1. The van der Waals surface area contributed by atoms with Gasteiger partial charge in [-0.05, 0) is 47.0 Å². The molecule has 0 aliphatic carbocycles. The van der Waals surface area contributed by atoms with Gasteiger partial charge in [-0.3, -0.25) is 0 Å². The van der Waals surface area contributed by atoms with Crippen molar-refractivity contribution in [3.63, 3.8) is 0 Å². The van der Waals surface area contributed by atoms with E-state index in [1.54, 1.807) is 0 Å². The van der Waals surface area contributed by atoms with Gasteiger partial charge in [-0.25, -0.2) is 0 Å². The Morgan fingerprint density at radius 1 is 1.41 bits per heavy atom. The molecule has 1 saturated heterocycles. The third-order valence-corrected chi connectivity index (χ3v) is 3.84. The highest BCUT2D eigenvalue weighted by molar-refractivity contribution is 9.10. The first-order valence-electron chi connectivity index (χ1n) is 6.33. The second-order valence-corrected chi connectivity index (χ2v) is 6.06. The molecule has 1 aliphatic rings. The summed E-state index contributed by atoms with van der Waals surface area (Å²) in [5, 5.41) is 3.62. The van der Waals surface area contributed by atoms with Crippen molar-refractivity contribution in [3.8, 4) is 0 Å². The first-order chi connectivity index (χ1) is 8.06. The zero-order chi connectivity index (χ0) is 12.4. The van der Waals surface area contributed by atoms with Gasteiger partial charge in [0, 0.05) is 29.6 Å². The maximum Gasteiger partial charge on any atom is 0.0511 e. The summed E-state index contributed by atoms with van der Waals surface area (Å²) in [5.41, 5.74) is 2.63. The van der Waals surface area contributed by atoms with Gasteiger partial charge < -0.3 is 10.2 Å². The van der Waals surface area contributed by atoms with Crippen LogP contribution in [0.3, 0.4) is 0 Å². The summed E-state index contributed by atoms with van der Waals surface area (Å²) in [5.74, 6) is 0. The van der Waals surface area contributed by atoms with E-state index in [1.165, 1.54) is 22.1 Å². The van der Waals surface area contributed by atoms with Gasteiger partial charge in [0.05, 0.1) is 5.69 Å². The molecule has 1 aromatic carbocycles. The van der Waals surface area contributed by atoms with Crippen LogP contribution < -0.4 is 10.2 Å². The predicted molar refractivity (Wildman–Crippen MR) is 77.8 cm³/mol. The van der Waals surface area contributed by atoms with Gasteiger partial charge in [0.1, 0.15) is 0 Å². The fraction of sp³-hybridized carbons (Fsp3) is 0.571.